The lowest BCUT2D eigenvalue weighted by Gasteiger charge is -2.41. The highest BCUT2D eigenvalue weighted by Crippen LogP contribution is 2.28. The molecule has 3 heteroatoms. The first kappa shape index (κ1) is 26.0. The standard InChI is InChI=1S/C24H49N3/c1-13-19(8)24(22(14-2)15-3)27(12)20(9)16-25-21(10)23(17(4)5)26(11)18(6)7/h17-19,22-25H,9-10,13-16H2,1-8,11-12H3. The van der Waals surface area contributed by atoms with Crippen LogP contribution in [0.5, 0.6) is 0 Å². The summed E-state index contributed by atoms with van der Waals surface area (Å²) in [5.74, 6) is 1.89. The number of rotatable bonds is 14. The molecule has 1 N–H and O–H groups in total. The predicted molar refractivity (Wildman–Crippen MR) is 123 cm³/mol. The summed E-state index contributed by atoms with van der Waals surface area (Å²) < 4.78 is 0. The van der Waals surface area contributed by atoms with E-state index in [1.807, 2.05) is 0 Å². The lowest BCUT2D eigenvalue weighted by atomic mass is 9.83. The summed E-state index contributed by atoms with van der Waals surface area (Å²) in [6.07, 6.45) is 3.64. The minimum Gasteiger partial charge on any atom is -0.382 e. The molecule has 0 amide bonds. The molecule has 0 aliphatic carbocycles. The Bertz CT molecular complexity index is 437. The lowest BCUT2D eigenvalue weighted by Crippen LogP contribution is -2.46. The van der Waals surface area contributed by atoms with Gasteiger partial charge in [-0.25, -0.2) is 0 Å². The predicted octanol–water partition coefficient (Wildman–Crippen LogP) is 5.75. The Morgan fingerprint density at radius 1 is 0.889 bits per heavy atom. The van der Waals surface area contributed by atoms with E-state index in [2.05, 4.69) is 97.8 Å². The van der Waals surface area contributed by atoms with Crippen molar-refractivity contribution in [3.8, 4) is 0 Å². The largest absolute Gasteiger partial charge is 0.382 e. The van der Waals surface area contributed by atoms with E-state index in [1.165, 1.54) is 19.3 Å². The van der Waals surface area contributed by atoms with Crippen molar-refractivity contribution in [3.05, 3.63) is 24.6 Å². The van der Waals surface area contributed by atoms with Gasteiger partial charge in [0.1, 0.15) is 0 Å². The number of hydrogen-bond acceptors (Lipinski definition) is 3. The highest BCUT2D eigenvalue weighted by atomic mass is 15.2. The van der Waals surface area contributed by atoms with Crippen LogP contribution in [0.25, 0.3) is 0 Å². The van der Waals surface area contributed by atoms with Crippen LogP contribution in [-0.4, -0.2) is 48.6 Å². The van der Waals surface area contributed by atoms with Gasteiger partial charge < -0.3 is 10.2 Å². The van der Waals surface area contributed by atoms with Crippen LogP contribution in [0.2, 0.25) is 0 Å². The Balaban J connectivity index is 5.10. The van der Waals surface area contributed by atoms with Crippen molar-refractivity contribution in [3.63, 3.8) is 0 Å². The van der Waals surface area contributed by atoms with Crippen LogP contribution in [0, 0.1) is 17.8 Å². The number of hydrogen-bond donors (Lipinski definition) is 1. The molecule has 0 aromatic rings. The molecule has 3 nitrogen and oxygen atoms in total. The van der Waals surface area contributed by atoms with Gasteiger partial charge in [-0.05, 0) is 38.6 Å². The molecule has 0 aromatic heterocycles. The van der Waals surface area contributed by atoms with Gasteiger partial charge in [0.15, 0.2) is 0 Å². The molecule has 0 aliphatic rings. The summed E-state index contributed by atoms with van der Waals surface area (Å²) in [6.45, 7) is 27.8. The number of likely N-dealkylation sites (N-methyl/N-ethyl adjacent to an activating group) is 2. The Hall–Kier alpha value is -0.960. The van der Waals surface area contributed by atoms with Crippen LogP contribution < -0.4 is 5.32 Å². The van der Waals surface area contributed by atoms with Crippen LogP contribution in [0.4, 0.5) is 0 Å². The molecule has 0 heterocycles. The molecule has 3 unspecified atom stereocenters. The second-order valence-corrected chi connectivity index (χ2v) is 8.96. The van der Waals surface area contributed by atoms with Gasteiger partial charge in [0.25, 0.3) is 0 Å². The van der Waals surface area contributed by atoms with Gasteiger partial charge in [-0.2, -0.15) is 0 Å². The van der Waals surface area contributed by atoms with Crippen LogP contribution in [0.3, 0.4) is 0 Å². The Morgan fingerprint density at radius 3 is 1.78 bits per heavy atom. The molecule has 160 valence electrons. The van der Waals surface area contributed by atoms with Crippen LogP contribution in [0.15, 0.2) is 24.6 Å². The topological polar surface area (TPSA) is 18.5 Å². The molecule has 0 fully saturated rings. The number of nitrogens with one attached hydrogen (secondary N) is 1. The van der Waals surface area contributed by atoms with Crippen molar-refractivity contribution in [1.82, 2.24) is 15.1 Å². The first-order valence-corrected chi connectivity index (χ1v) is 11.1. The molecule has 0 aliphatic heterocycles. The quantitative estimate of drug-likeness (QED) is 0.414. The summed E-state index contributed by atoms with van der Waals surface area (Å²) in [5, 5.41) is 3.59. The zero-order valence-corrected chi connectivity index (χ0v) is 20.1. The van der Waals surface area contributed by atoms with Gasteiger partial charge >= 0.3 is 0 Å². The molecule has 3 atom stereocenters. The molecular weight excluding hydrogens is 330 g/mol. The summed E-state index contributed by atoms with van der Waals surface area (Å²) in [6, 6.07) is 1.37. The zero-order valence-electron chi connectivity index (χ0n) is 20.1. The maximum absolute atomic E-state index is 4.41. The van der Waals surface area contributed by atoms with Gasteiger partial charge in [-0.1, -0.05) is 74.0 Å². The Kier molecular flexibility index (Phi) is 12.0. The average Bonchev–Trinajstić information content (AvgIpc) is 2.62. The van der Waals surface area contributed by atoms with E-state index in [0.717, 1.165) is 17.9 Å². The molecule has 0 radical (unpaired) electrons. The summed E-state index contributed by atoms with van der Waals surface area (Å²) >= 11 is 0. The van der Waals surface area contributed by atoms with Gasteiger partial charge in [-0.15, -0.1) is 0 Å². The van der Waals surface area contributed by atoms with Gasteiger partial charge in [0.05, 0.1) is 12.6 Å². The normalized spacial score (nSPS) is 15.3. The van der Waals surface area contributed by atoms with E-state index >= 15 is 0 Å². The molecule has 0 saturated carbocycles. The second-order valence-electron chi connectivity index (χ2n) is 8.96. The molecule has 0 saturated heterocycles. The van der Waals surface area contributed by atoms with Crippen molar-refractivity contribution >= 4 is 0 Å². The third-order valence-electron chi connectivity index (χ3n) is 6.47. The first-order chi connectivity index (χ1) is 12.5. The van der Waals surface area contributed by atoms with Gasteiger partial charge in [0, 0.05) is 30.5 Å². The van der Waals surface area contributed by atoms with E-state index in [-0.39, 0.29) is 0 Å². The minimum atomic E-state index is 0.326. The SMILES string of the molecule is C=C(NCC(=C)N(C)C(C(C)CC)C(CC)CC)C(C(C)C)N(C)C(C)C. The maximum Gasteiger partial charge on any atom is 0.0541 e. The average molecular weight is 380 g/mol. The molecular formula is C24H49N3. The van der Waals surface area contributed by atoms with Crippen molar-refractivity contribution in [1.29, 1.82) is 0 Å². The third-order valence-corrected chi connectivity index (χ3v) is 6.47. The number of nitrogens with zero attached hydrogens (tertiary/aromatic N) is 2. The van der Waals surface area contributed by atoms with E-state index in [0.29, 0.717) is 35.9 Å². The van der Waals surface area contributed by atoms with E-state index in [9.17, 15) is 0 Å². The molecule has 0 rings (SSSR count). The van der Waals surface area contributed by atoms with Gasteiger partial charge in [0.2, 0.25) is 0 Å². The van der Waals surface area contributed by atoms with Crippen LogP contribution in [0.1, 0.15) is 74.7 Å². The Labute approximate surface area is 171 Å². The third kappa shape index (κ3) is 7.52. The minimum absolute atomic E-state index is 0.326. The van der Waals surface area contributed by atoms with Gasteiger partial charge in [-0.3, -0.25) is 4.90 Å². The lowest BCUT2D eigenvalue weighted by molar-refractivity contribution is 0.142. The van der Waals surface area contributed by atoms with E-state index < -0.39 is 0 Å². The monoisotopic (exact) mass is 379 g/mol. The molecule has 27 heavy (non-hydrogen) atoms. The van der Waals surface area contributed by atoms with Crippen LogP contribution >= 0.6 is 0 Å². The summed E-state index contributed by atoms with van der Waals surface area (Å²) in [4.78, 5) is 4.83. The fourth-order valence-corrected chi connectivity index (χ4v) is 4.27. The smallest absolute Gasteiger partial charge is 0.0541 e. The van der Waals surface area contributed by atoms with E-state index in [4.69, 9.17) is 0 Å². The first-order valence-electron chi connectivity index (χ1n) is 11.1. The maximum atomic E-state index is 4.41. The van der Waals surface area contributed by atoms with Crippen molar-refractivity contribution in [2.75, 3.05) is 20.6 Å². The summed E-state index contributed by atoms with van der Waals surface area (Å²) in [7, 11) is 4.41. The second kappa shape index (κ2) is 12.5. The fourth-order valence-electron chi connectivity index (χ4n) is 4.27. The fraction of sp³-hybridized carbons (Fsp3) is 0.833. The van der Waals surface area contributed by atoms with Crippen LogP contribution in [-0.2, 0) is 0 Å². The van der Waals surface area contributed by atoms with Crippen molar-refractivity contribution < 1.29 is 0 Å². The highest BCUT2D eigenvalue weighted by Gasteiger charge is 2.29. The molecule has 0 bridgehead atoms. The summed E-state index contributed by atoms with van der Waals surface area (Å²) in [5.41, 5.74) is 2.25. The molecule has 0 spiro atoms. The zero-order chi connectivity index (χ0) is 21.3. The van der Waals surface area contributed by atoms with E-state index in [1.54, 1.807) is 0 Å². The van der Waals surface area contributed by atoms with Crippen molar-refractivity contribution in [2.24, 2.45) is 17.8 Å². The van der Waals surface area contributed by atoms with Crippen molar-refractivity contribution in [2.45, 2.75) is 92.8 Å². The highest BCUT2D eigenvalue weighted by molar-refractivity contribution is 5.10. The molecule has 0 aromatic carbocycles. The Morgan fingerprint density at radius 2 is 1.41 bits per heavy atom.